The molecular weight excluding hydrogens is 300 g/mol. The summed E-state index contributed by atoms with van der Waals surface area (Å²) in [7, 11) is 1.62. The number of nitrogens with one attached hydrogen (secondary N) is 1. The van der Waals surface area contributed by atoms with Crippen LogP contribution < -0.4 is 10.3 Å². The van der Waals surface area contributed by atoms with E-state index >= 15 is 0 Å². The standard InChI is InChI=1S/C15H11ClN2O2.C2H6/c1-20-10-4-2-9(3-5-10)12-8-13-11(15(16)18-12)6-7-14(19)17-13;1-2/h2-8H,1H3,(H,17,19);1-2H3. The Morgan fingerprint density at radius 2 is 1.77 bits per heavy atom. The van der Waals surface area contributed by atoms with E-state index in [4.69, 9.17) is 16.3 Å². The summed E-state index contributed by atoms with van der Waals surface area (Å²) in [4.78, 5) is 18.5. The Bertz CT molecular complexity index is 826. The zero-order valence-electron chi connectivity index (χ0n) is 12.7. The van der Waals surface area contributed by atoms with Gasteiger partial charge in [0.05, 0.1) is 18.3 Å². The van der Waals surface area contributed by atoms with Crippen molar-refractivity contribution in [2.24, 2.45) is 0 Å². The van der Waals surface area contributed by atoms with Crippen molar-refractivity contribution in [1.82, 2.24) is 9.97 Å². The van der Waals surface area contributed by atoms with E-state index in [0.717, 1.165) is 16.7 Å². The van der Waals surface area contributed by atoms with E-state index < -0.39 is 0 Å². The molecule has 0 radical (unpaired) electrons. The molecule has 4 nitrogen and oxygen atoms in total. The number of aromatic amines is 1. The molecule has 114 valence electrons. The number of halogens is 1. The summed E-state index contributed by atoms with van der Waals surface area (Å²) in [5, 5.41) is 1.09. The van der Waals surface area contributed by atoms with E-state index in [1.165, 1.54) is 6.07 Å². The molecular formula is C17H17ClN2O2. The lowest BCUT2D eigenvalue weighted by atomic mass is 10.1. The lowest BCUT2D eigenvalue weighted by Gasteiger charge is -2.06. The summed E-state index contributed by atoms with van der Waals surface area (Å²) in [5.41, 5.74) is 2.11. The van der Waals surface area contributed by atoms with Crippen molar-refractivity contribution in [2.75, 3.05) is 7.11 Å². The Balaban J connectivity index is 0.000000847. The summed E-state index contributed by atoms with van der Waals surface area (Å²) >= 11 is 6.17. The van der Waals surface area contributed by atoms with Crippen LogP contribution in [0.1, 0.15) is 13.8 Å². The number of aromatic nitrogens is 2. The second-order valence-corrected chi connectivity index (χ2v) is 4.67. The molecule has 0 saturated carbocycles. The first-order valence-corrected chi connectivity index (χ1v) is 7.39. The number of methoxy groups -OCH3 is 1. The maximum absolute atomic E-state index is 11.4. The van der Waals surface area contributed by atoms with Gasteiger partial charge in [-0.3, -0.25) is 4.79 Å². The monoisotopic (exact) mass is 316 g/mol. The van der Waals surface area contributed by atoms with Gasteiger partial charge in [0.25, 0.3) is 0 Å². The third-order valence-corrected chi connectivity index (χ3v) is 3.35. The number of pyridine rings is 2. The van der Waals surface area contributed by atoms with Crippen LogP contribution in [0.3, 0.4) is 0 Å². The van der Waals surface area contributed by atoms with Crippen LogP contribution in [0.15, 0.2) is 47.3 Å². The van der Waals surface area contributed by atoms with Crippen molar-refractivity contribution in [3.8, 4) is 17.0 Å². The summed E-state index contributed by atoms with van der Waals surface area (Å²) in [5.74, 6) is 0.772. The number of rotatable bonds is 2. The topological polar surface area (TPSA) is 55.0 Å². The molecule has 0 aliphatic carbocycles. The molecule has 0 amide bonds. The van der Waals surface area contributed by atoms with E-state index in [0.29, 0.717) is 16.4 Å². The van der Waals surface area contributed by atoms with Crippen molar-refractivity contribution in [1.29, 1.82) is 0 Å². The van der Waals surface area contributed by atoms with Gasteiger partial charge in [0.2, 0.25) is 5.56 Å². The van der Waals surface area contributed by atoms with Gasteiger partial charge in [-0.15, -0.1) is 0 Å². The fourth-order valence-electron chi connectivity index (χ4n) is 2.03. The molecule has 1 N–H and O–H groups in total. The molecule has 0 aliphatic heterocycles. The van der Waals surface area contributed by atoms with Crippen LogP contribution in [0.2, 0.25) is 5.15 Å². The average Bonchev–Trinajstić information content (AvgIpc) is 2.56. The molecule has 0 bridgehead atoms. The third kappa shape index (κ3) is 3.28. The molecule has 0 unspecified atom stereocenters. The fraction of sp³-hybridized carbons (Fsp3) is 0.176. The normalized spacial score (nSPS) is 10.0. The van der Waals surface area contributed by atoms with Crippen LogP contribution in [0.4, 0.5) is 0 Å². The second-order valence-electron chi connectivity index (χ2n) is 4.31. The molecule has 0 aliphatic rings. The van der Waals surface area contributed by atoms with Crippen molar-refractivity contribution in [2.45, 2.75) is 13.8 Å². The first kappa shape index (κ1) is 16.0. The number of H-pyrrole nitrogens is 1. The Morgan fingerprint density at radius 1 is 1.09 bits per heavy atom. The Hall–Kier alpha value is -2.33. The SMILES string of the molecule is CC.COc1ccc(-c2cc3[nH]c(=O)ccc3c(Cl)n2)cc1. The number of hydrogen-bond donors (Lipinski definition) is 1. The van der Waals surface area contributed by atoms with E-state index in [2.05, 4.69) is 9.97 Å². The highest BCUT2D eigenvalue weighted by Gasteiger charge is 2.07. The van der Waals surface area contributed by atoms with Crippen LogP contribution in [0, 0.1) is 0 Å². The van der Waals surface area contributed by atoms with Gasteiger partial charge in [0.1, 0.15) is 10.9 Å². The largest absolute Gasteiger partial charge is 0.497 e. The molecule has 0 fully saturated rings. The molecule has 3 aromatic rings. The molecule has 5 heteroatoms. The molecule has 0 saturated heterocycles. The van der Waals surface area contributed by atoms with Crippen molar-refractivity contribution >= 4 is 22.5 Å². The molecule has 2 heterocycles. The Labute approximate surface area is 133 Å². The van der Waals surface area contributed by atoms with Gasteiger partial charge in [-0.1, -0.05) is 25.4 Å². The number of hydrogen-bond acceptors (Lipinski definition) is 3. The minimum Gasteiger partial charge on any atom is -0.497 e. The second kappa shape index (κ2) is 7.09. The van der Waals surface area contributed by atoms with Gasteiger partial charge in [-0.2, -0.15) is 0 Å². The Morgan fingerprint density at radius 3 is 2.41 bits per heavy atom. The van der Waals surface area contributed by atoms with Crippen LogP contribution in [-0.4, -0.2) is 17.1 Å². The maximum Gasteiger partial charge on any atom is 0.248 e. The van der Waals surface area contributed by atoms with Gasteiger partial charge >= 0.3 is 0 Å². The molecule has 1 aromatic carbocycles. The quantitative estimate of drug-likeness (QED) is 0.718. The first-order chi connectivity index (χ1) is 10.7. The first-order valence-electron chi connectivity index (χ1n) is 7.01. The van der Waals surface area contributed by atoms with Crippen molar-refractivity contribution < 1.29 is 4.74 Å². The number of benzene rings is 1. The zero-order valence-corrected chi connectivity index (χ0v) is 13.4. The van der Waals surface area contributed by atoms with Gasteiger partial charge < -0.3 is 9.72 Å². The van der Waals surface area contributed by atoms with E-state index in [1.807, 2.05) is 44.2 Å². The highest BCUT2D eigenvalue weighted by Crippen LogP contribution is 2.26. The van der Waals surface area contributed by atoms with Crippen LogP contribution in [0.5, 0.6) is 5.75 Å². The van der Waals surface area contributed by atoms with E-state index in [1.54, 1.807) is 13.2 Å². The van der Waals surface area contributed by atoms with Crippen molar-refractivity contribution in [3.63, 3.8) is 0 Å². The fourth-order valence-corrected chi connectivity index (χ4v) is 2.28. The van der Waals surface area contributed by atoms with E-state index in [-0.39, 0.29) is 5.56 Å². The lowest BCUT2D eigenvalue weighted by Crippen LogP contribution is -2.03. The van der Waals surface area contributed by atoms with Gasteiger partial charge in [-0.05, 0) is 36.4 Å². The molecule has 3 rings (SSSR count). The predicted molar refractivity (Wildman–Crippen MR) is 90.7 cm³/mol. The smallest absolute Gasteiger partial charge is 0.248 e. The van der Waals surface area contributed by atoms with Gasteiger partial charge in [-0.25, -0.2) is 4.98 Å². The lowest BCUT2D eigenvalue weighted by molar-refractivity contribution is 0.415. The van der Waals surface area contributed by atoms with Gasteiger partial charge in [0, 0.05) is 17.0 Å². The minimum absolute atomic E-state index is 0.166. The number of ether oxygens (including phenoxy) is 1. The van der Waals surface area contributed by atoms with Crippen LogP contribution >= 0.6 is 11.6 Å². The highest BCUT2D eigenvalue weighted by molar-refractivity contribution is 6.34. The van der Waals surface area contributed by atoms with Gasteiger partial charge in [0.15, 0.2) is 0 Å². The summed E-state index contributed by atoms with van der Waals surface area (Å²) in [6.07, 6.45) is 0. The molecule has 22 heavy (non-hydrogen) atoms. The molecule has 2 aromatic heterocycles. The minimum atomic E-state index is -0.166. The van der Waals surface area contributed by atoms with Crippen LogP contribution in [-0.2, 0) is 0 Å². The highest BCUT2D eigenvalue weighted by atomic mass is 35.5. The Kier molecular flexibility index (Phi) is 5.17. The number of nitrogens with zero attached hydrogens (tertiary/aromatic N) is 1. The van der Waals surface area contributed by atoms with Crippen molar-refractivity contribution in [3.05, 3.63) is 58.0 Å². The van der Waals surface area contributed by atoms with Crippen LogP contribution in [0.25, 0.3) is 22.2 Å². The average molecular weight is 317 g/mol. The summed E-state index contributed by atoms with van der Waals surface area (Å²) in [6.45, 7) is 4.00. The maximum atomic E-state index is 11.4. The van der Waals surface area contributed by atoms with E-state index in [9.17, 15) is 4.79 Å². The molecule has 0 atom stereocenters. The third-order valence-electron chi connectivity index (χ3n) is 3.06. The summed E-state index contributed by atoms with van der Waals surface area (Å²) in [6, 6.07) is 12.4. The number of fused-ring (bicyclic) bond motifs is 1. The summed E-state index contributed by atoms with van der Waals surface area (Å²) < 4.78 is 5.12. The zero-order chi connectivity index (χ0) is 16.1. The predicted octanol–water partition coefficient (Wildman–Crippen LogP) is 4.28. The molecule has 0 spiro atoms.